The maximum absolute atomic E-state index is 12.1. The predicted octanol–water partition coefficient (Wildman–Crippen LogP) is 3.09. The SMILES string of the molecule is CC(C)c1nsc(NS(=O)(=O)c2cc([N+](=O)[O-])c(Cl)s2)n1. The lowest BCUT2D eigenvalue weighted by atomic mass is 10.2. The molecule has 2 aromatic rings. The molecule has 1 N–H and O–H groups in total. The molecule has 0 fully saturated rings. The monoisotopic (exact) mass is 368 g/mol. The van der Waals surface area contributed by atoms with E-state index in [2.05, 4.69) is 14.1 Å². The number of nitrogens with one attached hydrogen (secondary N) is 1. The number of anilines is 1. The van der Waals surface area contributed by atoms with E-state index in [1.807, 2.05) is 13.8 Å². The number of hydrogen-bond donors (Lipinski definition) is 1. The molecule has 0 aliphatic carbocycles. The Bertz CT molecular complexity index is 783. The summed E-state index contributed by atoms with van der Waals surface area (Å²) in [5, 5.41) is 10.8. The summed E-state index contributed by atoms with van der Waals surface area (Å²) in [4.78, 5) is 14.0. The second-order valence-corrected chi connectivity index (χ2v) is 8.51. The van der Waals surface area contributed by atoms with Crippen molar-refractivity contribution in [2.75, 3.05) is 4.72 Å². The Morgan fingerprint density at radius 2 is 2.14 bits per heavy atom. The molecule has 2 aromatic heterocycles. The van der Waals surface area contributed by atoms with Crippen LogP contribution in [0.2, 0.25) is 4.34 Å². The first-order valence-electron chi connectivity index (χ1n) is 5.51. The summed E-state index contributed by atoms with van der Waals surface area (Å²) in [6, 6.07) is 0.916. The Balaban J connectivity index is 2.29. The fourth-order valence-corrected chi connectivity index (χ4v) is 4.87. The number of thiophene rings is 1. The summed E-state index contributed by atoms with van der Waals surface area (Å²) < 4.78 is 30.1. The lowest BCUT2D eigenvalue weighted by Gasteiger charge is -2.00. The summed E-state index contributed by atoms with van der Waals surface area (Å²) in [5.41, 5.74) is -0.442. The second-order valence-electron chi connectivity index (χ2n) is 4.20. The van der Waals surface area contributed by atoms with Crippen LogP contribution < -0.4 is 4.72 Å². The zero-order valence-electron chi connectivity index (χ0n) is 10.7. The molecule has 0 spiro atoms. The minimum absolute atomic E-state index is 0.0665. The molecule has 0 saturated carbocycles. The summed E-state index contributed by atoms with van der Waals surface area (Å²) in [6.45, 7) is 3.76. The maximum Gasteiger partial charge on any atom is 0.300 e. The maximum atomic E-state index is 12.1. The van der Waals surface area contributed by atoms with Crippen molar-refractivity contribution in [1.82, 2.24) is 9.36 Å². The molecule has 0 bridgehead atoms. The van der Waals surface area contributed by atoms with Gasteiger partial charge in [0.25, 0.3) is 15.7 Å². The molecule has 0 saturated heterocycles. The molecule has 0 aliphatic rings. The molecule has 2 rings (SSSR count). The van der Waals surface area contributed by atoms with Crippen LogP contribution in [0.3, 0.4) is 0 Å². The molecule has 12 heteroatoms. The summed E-state index contributed by atoms with van der Waals surface area (Å²) in [5.74, 6) is 0.588. The van der Waals surface area contributed by atoms with Gasteiger partial charge in [-0.05, 0) is 0 Å². The fraction of sp³-hybridized carbons (Fsp3) is 0.333. The van der Waals surface area contributed by atoms with Crippen LogP contribution in [0.15, 0.2) is 10.3 Å². The van der Waals surface area contributed by atoms with E-state index >= 15 is 0 Å². The number of aromatic nitrogens is 2. The smallest absolute Gasteiger partial charge is 0.258 e. The van der Waals surface area contributed by atoms with Crippen LogP contribution in [-0.4, -0.2) is 22.7 Å². The van der Waals surface area contributed by atoms with Gasteiger partial charge in [0.1, 0.15) is 10.0 Å². The van der Waals surface area contributed by atoms with Gasteiger partial charge in [-0.15, -0.1) is 11.3 Å². The van der Waals surface area contributed by atoms with Crippen LogP contribution in [0, 0.1) is 10.1 Å². The van der Waals surface area contributed by atoms with Gasteiger partial charge in [0, 0.05) is 23.5 Å². The van der Waals surface area contributed by atoms with E-state index in [1.165, 1.54) is 0 Å². The largest absolute Gasteiger partial charge is 0.300 e. The van der Waals surface area contributed by atoms with E-state index in [4.69, 9.17) is 11.6 Å². The summed E-state index contributed by atoms with van der Waals surface area (Å²) in [6.07, 6.45) is 0. The summed E-state index contributed by atoms with van der Waals surface area (Å²) >= 11 is 7.17. The highest BCUT2D eigenvalue weighted by Gasteiger charge is 2.26. The van der Waals surface area contributed by atoms with Crippen LogP contribution in [0.25, 0.3) is 0 Å². The van der Waals surface area contributed by atoms with Crippen molar-refractivity contribution in [1.29, 1.82) is 0 Å². The first-order valence-corrected chi connectivity index (χ1v) is 8.96. The predicted molar refractivity (Wildman–Crippen MR) is 80.8 cm³/mol. The van der Waals surface area contributed by atoms with Crippen molar-refractivity contribution in [3.05, 3.63) is 26.3 Å². The van der Waals surface area contributed by atoms with Crippen LogP contribution in [0.4, 0.5) is 10.8 Å². The van der Waals surface area contributed by atoms with Crippen molar-refractivity contribution in [2.45, 2.75) is 24.0 Å². The van der Waals surface area contributed by atoms with Gasteiger partial charge >= 0.3 is 0 Å². The topological polar surface area (TPSA) is 115 Å². The van der Waals surface area contributed by atoms with Gasteiger partial charge in [0.05, 0.1) is 4.92 Å². The lowest BCUT2D eigenvalue weighted by Crippen LogP contribution is -2.11. The molecule has 0 amide bonds. The standard InChI is InChI=1S/C9H9ClN4O4S3/c1-4(2)8-11-9(20-12-8)13-21(17,18)6-3-5(14(15)16)7(10)19-6/h3-4H,1-2H3,(H,11,12,13). The highest BCUT2D eigenvalue weighted by Crippen LogP contribution is 2.37. The van der Waals surface area contributed by atoms with E-state index in [1.54, 1.807) is 0 Å². The van der Waals surface area contributed by atoms with Gasteiger partial charge in [-0.3, -0.25) is 14.8 Å². The zero-order valence-corrected chi connectivity index (χ0v) is 13.9. The van der Waals surface area contributed by atoms with Gasteiger partial charge in [0.15, 0.2) is 4.34 Å². The molecule has 8 nitrogen and oxygen atoms in total. The minimum atomic E-state index is -3.97. The van der Waals surface area contributed by atoms with Crippen LogP contribution in [-0.2, 0) is 10.0 Å². The third-order valence-corrected chi connectivity index (χ3v) is 6.21. The van der Waals surface area contributed by atoms with Gasteiger partial charge < -0.3 is 0 Å². The minimum Gasteiger partial charge on any atom is -0.258 e. The zero-order chi connectivity index (χ0) is 15.8. The Hall–Kier alpha value is -1.30. The quantitative estimate of drug-likeness (QED) is 0.640. The third-order valence-electron chi connectivity index (χ3n) is 2.29. The van der Waals surface area contributed by atoms with Crippen molar-refractivity contribution in [2.24, 2.45) is 0 Å². The Labute approximate surface area is 133 Å². The molecule has 0 atom stereocenters. The van der Waals surface area contributed by atoms with E-state index in [9.17, 15) is 18.5 Å². The van der Waals surface area contributed by atoms with Crippen molar-refractivity contribution in [3.63, 3.8) is 0 Å². The molecule has 0 radical (unpaired) electrons. The Morgan fingerprint density at radius 1 is 1.48 bits per heavy atom. The number of halogens is 1. The molecule has 21 heavy (non-hydrogen) atoms. The average Bonchev–Trinajstić information content (AvgIpc) is 2.95. The van der Waals surface area contributed by atoms with Crippen molar-refractivity contribution in [3.8, 4) is 0 Å². The normalized spacial score (nSPS) is 11.8. The van der Waals surface area contributed by atoms with Crippen LogP contribution in [0.1, 0.15) is 25.6 Å². The molecule has 0 aliphatic heterocycles. The molecule has 0 aromatic carbocycles. The third kappa shape index (κ3) is 3.48. The molecule has 2 heterocycles. The first kappa shape index (κ1) is 16.1. The number of sulfonamides is 1. The van der Waals surface area contributed by atoms with Gasteiger partial charge in [-0.25, -0.2) is 13.4 Å². The average molecular weight is 369 g/mol. The number of rotatable bonds is 5. The summed E-state index contributed by atoms with van der Waals surface area (Å²) in [7, 11) is -3.97. The highest BCUT2D eigenvalue weighted by molar-refractivity contribution is 7.95. The fourth-order valence-electron chi connectivity index (χ4n) is 1.27. The Kier molecular flexibility index (Phi) is 4.46. The van der Waals surface area contributed by atoms with Gasteiger partial charge in [-0.2, -0.15) is 4.37 Å². The highest BCUT2D eigenvalue weighted by atomic mass is 35.5. The van der Waals surface area contributed by atoms with Gasteiger partial charge in [-0.1, -0.05) is 25.4 Å². The molecule has 114 valence electrons. The Morgan fingerprint density at radius 3 is 2.62 bits per heavy atom. The molecular formula is C9H9ClN4O4S3. The van der Waals surface area contributed by atoms with Crippen LogP contribution >= 0.6 is 34.5 Å². The molecular weight excluding hydrogens is 360 g/mol. The first-order chi connectivity index (χ1) is 9.70. The lowest BCUT2D eigenvalue weighted by molar-refractivity contribution is -0.384. The van der Waals surface area contributed by atoms with E-state index in [0.717, 1.165) is 17.6 Å². The second kappa shape index (κ2) is 5.83. The number of nitrogens with zero attached hydrogens (tertiary/aromatic N) is 3. The number of nitro groups is 1. The van der Waals surface area contributed by atoms with E-state index in [0.29, 0.717) is 17.2 Å². The molecule has 0 unspecified atom stereocenters. The van der Waals surface area contributed by atoms with Crippen molar-refractivity contribution >= 4 is 55.3 Å². The number of hydrogen-bond acceptors (Lipinski definition) is 8. The van der Waals surface area contributed by atoms with E-state index < -0.39 is 20.6 Å². The van der Waals surface area contributed by atoms with Crippen molar-refractivity contribution < 1.29 is 13.3 Å². The van der Waals surface area contributed by atoms with Gasteiger partial charge in [0.2, 0.25) is 5.13 Å². The van der Waals surface area contributed by atoms with E-state index in [-0.39, 0.29) is 19.6 Å². The van der Waals surface area contributed by atoms with Crippen LogP contribution in [0.5, 0.6) is 0 Å².